The van der Waals surface area contributed by atoms with Crippen LogP contribution in [0.2, 0.25) is 0 Å². The smallest absolute Gasteiger partial charge is 0.223 e. The minimum atomic E-state index is 0.162. The molecule has 0 saturated heterocycles. The van der Waals surface area contributed by atoms with Crippen LogP contribution in [0.15, 0.2) is 24.3 Å². The summed E-state index contributed by atoms with van der Waals surface area (Å²) in [5.41, 5.74) is 2.80. The third-order valence-electron chi connectivity index (χ3n) is 5.08. The van der Waals surface area contributed by atoms with Crippen LogP contribution in [-0.4, -0.2) is 36.3 Å². The van der Waals surface area contributed by atoms with E-state index in [0.29, 0.717) is 19.0 Å². The SMILES string of the molecule is CN(C(=O)CCCNC(=O)C1CC1)[C@H]1CCc2ccccc2C1. The van der Waals surface area contributed by atoms with Gasteiger partial charge in [-0.15, -0.1) is 0 Å². The van der Waals surface area contributed by atoms with Crippen LogP contribution in [0.5, 0.6) is 0 Å². The highest BCUT2D eigenvalue weighted by Gasteiger charge is 2.29. The monoisotopic (exact) mass is 314 g/mol. The zero-order valence-corrected chi connectivity index (χ0v) is 13.9. The number of hydrogen-bond donors (Lipinski definition) is 1. The second kappa shape index (κ2) is 7.16. The minimum absolute atomic E-state index is 0.162. The molecule has 124 valence electrons. The van der Waals surface area contributed by atoms with Gasteiger partial charge in [0.25, 0.3) is 0 Å². The molecule has 1 N–H and O–H groups in total. The van der Waals surface area contributed by atoms with Crippen LogP contribution < -0.4 is 5.32 Å². The summed E-state index contributed by atoms with van der Waals surface area (Å²) in [5, 5.41) is 2.92. The number of benzene rings is 1. The quantitative estimate of drug-likeness (QED) is 0.819. The van der Waals surface area contributed by atoms with Gasteiger partial charge in [-0.05, 0) is 49.7 Å². The number of aryl methyl sites for hydroxylation is 1. The Bertz CT molecular complexity index is 580. The molecule has 1 atom stereocenters. The molecule has 0 bridgehead atoms. The summed E-state index contributed by atoms with van der Waals surface area (Å²) in [4.78, 5) is 25.8. The van der Waals surface area contributed by atoms with Gasteiger partial charge in [-0.25, -0.2) is 0 Å². The van der Waals surface area contributed by atoms with Crippen molar-refractivity contribution in [3.63, 3.8) is 0 Å². The van der Waals surface area contributed by atoms with Crippen molar-refractivity contribution in [3.05, 3.63) is 35.4 Å². The molecule has 1 saturated carbocycles. The van der Waals surface area contributed by atoms with Crippen LogP contribution >= 0.6 is 0 Å². The van der Waals surface area contributed by atoms with Gasteiger partial charge in [0.1, 0.15) is 0 Å². The van der Waals surface area contributed by atoms with Gasteiger partial charge < -0.3 is 10.2 Å². The average Bonchev–Trinajstić information content (AvgIpc) is 3.42. The van der Waals surface area contributed by atoms with Crippen molar-refractivity contribution in [2.75, 3.05) is 13.6 Å². The fraction of sp³-hybridized carbons (Fsp3) is 0.579. The predicted octanol–water partition coefficient (Wildman–Crippen LogP) is 2.31. The molecule has 3 rings (SSSR count). The first kappa shape index (κ1) is 16.0. The maximum absolute atomic E-state index is 12.4. The number of rotatable bonds is 6. The molecule has 0 aliphatic heterocycles. The van der Waals surface area contributed by atoms with Crippen LogP contribution in [0.25, 0.3) is 0 Å². The van der Waals surface area contributed by atoms with Crippen LogP contribution in [0.1, 0.15) is 43.2 Å². The molecule has 1 aromatic rings. The maximum Gasteiger partial charge on any atom is 0.223 e. The lowest BCUT2D eigenvalue weighted by atomic mass is 9.87. The molecular weight excluding hydrogens is 288 g/mol. The standard InChI is InChI=1S/C19H26N2O2/c1-21(17-11-10-14-5-2-3-6-16(14)13-17)18(22)7-4-12-20-19(23)15-8-9-15/h2-3,5-6,15,17H,4,7-13H2,1H3,(H,20,23)/t17-/m0/s1. The molecule has 23 heavy (non-hydrogen) atoms. The zero-order valence-electron chi connectivity index (χ0n) is 13.9. The third kappa shape index (κ3) is 4.12. The van der Waals surface area contributed by atoms with E-state index in [1.807, 2.05) is 11.9 Å². The van der Waals surface area contributed by atoms with E-state index in [1.165, 1.54) is 11.1 Å². The Morgan fingerprint density at radius 1 is 1.17 bits per heavy atom. The molecule has 2 aliphatic rings. The van der Waals surface area contributed by atoms with Gasteiger partial charge in [-0.2, -0.15) is 0 Å². The summed E-state index contributed by atoms with van der Waals surface area (Å²) in [6.45, 7) is 0.614. The second-order valence-electron chi connectivity index (χ2n) is 6.84. The Morgan fingerprint density at radius 3 is 2.65 bits per heavy atom. The number of carbonyl (C=O) groups excluding carboxylic acids is 2. The number of nitrogens with zero attached hydrogens (tertiary/aromatic N) is 1. The zero-order chi connectivity index (χ0) is 16.2. The Kier molecular flexibility index (Phi) is 4.99. The van der Waals surface area contributed by atoms with Gasteiger partial charge >= 0.3 is 0 Å². The topological polar surface area (TPSA) is 49.4 Å². The van der Waals surface area contributed by atoms with Crippen LogP contribution in [0, 0.1) is 5.92 Å². The second-order valence-corrected chi connectivity index (χ2v) is 6.84. The molecule has 0 unspecified atom stereocenters. The Balaban J connectivity index is 1.41. The highest BCUT2D eigenvalue weighted by atomic mass is 16.2. The summed E-state index contributed by atoms with van der Waals surface area (Å²) in [6.07, 6.45) is 6.34. The number of likely N-dealkylation sites (N-methyl/N-ethyl adjacent to an activating group) is 1. The van der Waals surface area contributed by atoms with E-state index in [1.54, 1.807) is 0 Å². The lowest BCUT2D eigenvalue weighted by Crippen LogP contribution is -2.40. The first-order valence-corrected chi connectivity index (χ1v) is 8.75. The van der Waals surface area contributed by atoms with Crippen molar-refractivity contribution in [1.82, 2.24) is 10.2 Å². The summed E-state index contributed by atoms with van der Waals surface area (Å²) >= 11 is 0. The van der Waals surface area contributed by atoms with E-state index in [-0.39, 0.29) is 17.7 Å². The summed E-state index contributed by atoms with van der Waals surface area (Å²) < 4.78 is 0. The van der Waals surface area contributed by atoms with Crippen LogP contribution in [0.3, 0.4) is 0 Å². The first-order valence-electron chi connectivity index (χ1n) is 8.75. The van der Waals surface area contributed by atoms with Gasteiger partial charge in [0.15, 0.2) is 0 Å². The predicted molar refractivity (Wildman–Crippen MR) is 90.0 cm³/mol. The van der Waals surface area contributed by atoms with E-state index in [4.69, 9.17) is 0 Å². The van der Waals surface area contributed by atoms with Gasteiger partial charge in [-0.1, -0.05) is 24.3 Å². The fourth-order valence-electron chi connectivity index (χ4n) is 3.33. The molecular formula is C19H26N2O2. The van der Waals surface area contributed by atoms with Crippen LogP contribution in [0.4, 0.5) is 0 Å². The summed E-state index contributed by atoms with van der Waals surface area (Å²) in [5.74, 6) is 0.598. The summed E-state index contributed by atoms with van der Waals surface area (Å²) in [7, 11) is 1.92. The van der Waals surface area contributed by atoms with Crippen molar-refractivity contribution in [3.8, 4) is 0 Å². The Morgan fingerprint density at radius 2 is 1.91 bits per heavy atom. The lowest BCUT2D eigenvalue weighted by Gasteiger charge is -2.32. The molecule has 2 amide bonds. The Labute approximate surface area is 138 Å². The molecule has 2 aliphatic carbocycles. The number of amides is 2. The largest absolute Gasteiger partial charge is 0.356 e. The van der Waals surface area contributed by atoms with Crippen molar-refractivity contribution >= 4 is 11.8 Å². The molecule has 4 nitrogen and oxygen atoms in total. The summed E-state index contributed by atoms with van der Waals surface area (Å²) in [6, 6.07) is 8.83. The van der Waals surface area contributed by atoms with Crippen molar-refractivity contribution in [2.24, 2.45) is 5.92 Å². The van der Waals surface area contributed by atoms with Gasteiger partial charge in [0.2, 0.25) is 11.8 Å². The highest BCUT2D eigenvalue weighted by Crippen LogP contribution is 2.28. The fourth-order valence-corrected chi connectivity index (χ4v) is 3.33. The minimum Gasteiger partial charge on any atom is -0.356 e. The molecule has 1 fully saturated rings. The van der Waals surface area contributed by atoms with Crippen molar-refractivity contribution in [1.29, 1.82) is 0 Å². The molecule has 0 heterocycles. The number of fused-ring (bicyclic) bond motifs is 1. The van der Waals surface area contributed by atoms with Gasteiger partial charge in [-0.3, -0.25) is 9.59 Å². The normalized spacial score (nSPS) is 19.8. The molecule has 0 aromatic heterocycles. The van der Waals surface area contributed by atoms with Crippen molar-refractivity contribution in [2.45, 2.75) is 51.0 Å². The average molecular weight is 314 g/mol. The number of carbonyl (C=O) groups is 2. The maximum atomic E-state index is 12.4. The van der Waals surface area contributed by atoms with Crippen molar-refractivity contribution < 1.29 is 9.59 Å². The van der Waals surface area contributed by atoms with E-state index in [2.05, 4.69) is 29.6 Å². The highest BCUT2D eigenvalue weighted by molar-refractivity contribution is 5.81. The number of hydrogen-bond acceptors (Lipinski definition) is 2. The van der Waals surface area contributed by atoms with Crippen LogP contribution in [-0.2, 0) is 22.4 Å². The third-order valence-corrected chi connectivity index (χ3v) is 5.08. The molecule has 1 aromatic carbocycles. The molecule has 0 spiro atoms. The first-order chi connectivity index (χ1) is 11.1. The molecule has 0 radical (unpaired) electrons. The number of nitrogens with one attached hydrogen (secondary N) is 1. The molecule has 4 heteroatoms. The van der Waals surface area contributed by atoms with E-state index < -0.39 is 0 Å². The Hall–Kier alpha value is -1.84. The van der Waals surface area contributed by atoms with Gasteiger partial charge in [0, 0.05) is 32.0 Å². The van der Waals surface area contributed by atoms with E-state index in [9.17, 15) is 9.59 Å². The lowest BCUT2D eigenvalue weighted by molar-refractivity contribution is -0.132. The van der Waals surface area contributed by atoms with E-state index >= 15 is 0 Å². The van der Waals surface area contributed by atoms with E-state index in [0.717, 1.165) is 38.5 Å². The van der Waals surface area contributed by atoms with Gasteiger partial charge in [0.05, 0.1) is 0 Å².